The predicted molar refractivity (Wildman–Crippen MR) is 64.0 cm³/mol. The van der Waals surface area contributed by atoms with Gasteiger partial charge in [0.2, 0.25) is 0 Å². The van der Waals surface area contributed by atoms with E-state index in [2.05, 4.69) is 37.9 Å². The summed E-state index contributed by atoms with van der Waals surface area (Å²) < 4.78 is 0. The number of hydrogen-bond donors (Lipinski definition) is 0. The fourth-order valence-electron chi connectivity index (χ4n) is 2.65. The van der Waals surface area contributed by atoms with Crippen LogP contribution in [-0.2, 0) is 6.42 Å². The number of fused-ring (bicyclic) bond motifs is 1. The van der Waals surface area contributed by atoms with E-state index in [1.165, 1.54) is 36.9 Å². The van der Waals surface area contributed by atoms with Gasteiger partial charge in [0, 0.05) is 11.9 Å². The van der Waals surface area contributed by atoms with Crippen molar-refractivity contribution in [1.29, 1.82) is 0 Å². The standard InChI is InChI=1S/C14H21N/c1-14(2,3)10-11-6-4-8-13-12(11)7-5-9-15-13/h5,7,9,11H,4,6,8,10H2,1-3H3. The van der Waals surface area contributed by atoms with Gasteiger partial charge in [-0.3, -0.25) is 4.98 Å². The summed E-state index contributed by atoms with van der Waals surface area (Å²) in [6.07, 6.45) is 7.04. The van der Waals surface area contributed by atoms with Crippen LogP contribution in [0.5, 0.6) is 0 Å². The lowest BCUT2D eigenvalue weighted by Crippen LogP contribution is -2.17. The van der Waals surface area contributed by atoms with Crippen molar-refractivity contribution in [2.45, 2.75) is 52.4 Å². The van der Waals surface area contributed by atoms with E-state index in [4.69, 9.17) is 0 Å². The summed E-state index contributed by atoms with van der Waals surface area (Å²) in [5.74, 6) is 0.738. The largest absolute Gasteiger partial charge is 0.261 e. The van der Waals surface area contributed by atoms with Crippen molar-refractivity contribution in [2.75, 3.05) is 0 Å². The molecule has 0 saturated heterocycles. The molecular formula is C14H21N. The van der Waals surface area contributed by atoms with Crippen LogP contribution in [0, 0.1) is 5.41 Å². The van der Waals surface area contributed by atoms with E-state index in [0.29, 0.717) is 5.41 Å². The van der Waals surface area contributed by atoms with Gasteiger partial charge in [0.25, 0.3) is 0 Å². The molecule has 0 amide bonds. The van der Waals surface area contributed by atoms with Gasteiger partial charge in [-0.1, -0.05) is 26.8 Å². The number of nitrogens with zero attached hydrogens (tertiary/aromatic N) is 1. The van der Waals surface area contributed by atoms with Gasteiger partial charge in [0.15, 0.2) is 0 Å². The molecule has 1 aliphatic rings. The smallest absolute Gasteiger partial charge is 0.0438 e. The molecule has 0 aliphatic heterocycles. The molecule has 1 heteroatoms. The Balaban J connectivity index is 2.22. The molecule has 0 bridgehead atoms. The summed E-state index contributed by atoms with van der Waals surface area (Å²) in [7, 11) is 0. The molecule has 1 atom stereocenters. The summed E-state index contributed by atoms with van der Waals surface area (Å²) in [6.45, 7) is 6.99. The molecular weight excluding hydrogens is 182 g/mol. The average molecular weight is 203 g/mol. The van der Waals surface area contributed by atoms with Crippen LogP contribution in [0.4, 0.5) is 0 Å². The SMILES string of the molecule is CC(C)(C)CC1CCCc2ncccc21. The first kappa shape index (κ1) is 10.7. The highest BCUT2D eigenvalue weighted by molar-refractivity contribution is 5.26. The number of aryl methyl sites for hydroxylation is 1. The molecule has 82 valence electrons. The molecule has 0 fully saturated rings. The first-order valence-corrected chi connectivity index (χ1v) is 6.00. The zero-order valence-corrected chi connectivity index (χ0v) is 10.1. The van der Waals surface area contributed by atoms with Crippen LogP contribution in [0.2, 0.25) is 0 Å². The van der Waals surface area contributed by atoms with Gasteiger partial charge in [0.05, 0.1) is 0 Å². The maximum absolute atomic E-state index is 4.50. The third-order valence-corrected chi connectivity index (χ3v) is 3.19. The van der Waals surface area contributed by atoms with Gasteiger partial charge >= 0.3 is 0 Å². The maximum Gasteiger partial charge on any atom is 0.0438 e. The van der Waals surface area contributed by atoms with Gasteiger partial charge < -0.3 is 0 Å². The Labute approximate surface area is 92.9 Å². The third-order valence-electron chi connectivity index (χ3n) is 3.19. The third kappa shape index (κ3) is 2.58. The second-order valence-electron chi connectivity index (χ2n) is 5.89. The van der Waals surface area contributed by atoms with Crippen molar-refractivity contribution in [3.05, 3.63) is 29.6 Å². The van der Waals surface area contributed by atoms with Crippen molar-refractivity contribution in [1.82, 2.24) is 4.98 Å². The summed E-state index contributed by atoms with van der Waals surface area (Å²) in [4.78, 5) is 4.50. The van der Waals surface area contributed by atoms with Gasteiger partial charge in [0.1, 0.15) is 0 Å². The van der Waals surface area contributed by atoms with Crippen LogP contribution in [-0.4, -0.2) is 4.98 Å². The zero-order valence-electron chi connectivity index (χ0n) is 10.1. The van der Waals surface area contributed by atoms with E-state index in [1.54, 1.807) is 0 Å². The summed E-state index contributed by atoms with van der Waals surface area (Å²) in [5, 5.41) is 0. The van der Waals surface area contributed by atoms with Crippen LogP contribution in [0.1, 0.15) is 57.2 Å². The minimum absolute atomic E-state index is 0.426. The van der Waals surface area contributed by atoms with Gasteiger partial charge in [-0.05, 0) is 48.6 Å². The van der Waals surface area contributed by atoms with Crippen molar-refractivity contribution in [2.24, 2.45) is 5.41 Å². The molecule has 0 saturated carbocycles. The Morgan fingerprint density at radius 3 is 2.93 bits per heavy atom. The van der Waals surface area contributed by atoms with Crippen LogP contribution in [0.25, 0.3) is 0 Å². The van der Waals surface area contributed by atoms with E-state index in [1.807, 2.05) is 6.20 Å². The molecule has 0 radical (unpaired) electrons. The van der Waals surface area contributed by atoms with Crippen molar-refractivity contribution >= 4 is 0 Å². The number of rotatable bonds is 1. The first-order chi connectivity index (χ1) is 7.06. The van der Waals surface area contributed by atoms with Crippen molar-refractivity contribution < 1.29 is 0 Å². The second kappa shape index (κ2) is 3.96. The lowest BCUT2D eigenvalue weighted by atomic mass is 9.76. The molecule has 2 rings (SSSR count). The quantitative estimate of drug-likeness (QED) is 0.673. The van der Waals surface area contributed by atoms with Crippen LogP contribution in [0.15, 0.2) is 18.3 Å². The lowest BCUT2D eigenvalue weighted by molar-refractivity contribution is 0.320. The topological polar surface area (TPSA) is 12.9 Å². The fourth-order valence-corrected chi connectivity index (χ4v) is 2.65. The molecule has 1 aromatic rings. The molecule has 1 unspecified atom stereocenters. The summed E-state index contributed by atoms with van der Waals surface area (Å²) in [6, 6.07) is 4.36. The molecule has 15 heavy (non-hydrogen) atoms. The fraction of sp³-hybridized carbons (Fsp3) is 0.643. The van der Waals surface area contributed by atoms with E-state index < -0.39 is 0 Å². The van der Waals surface area contributed by atoms with Crippen LogP contribution < -0.4 is 0 Å². The highest BCUT2D eigenvalue weighted by atomic mass is 14.7. The van der Waals surface area contributed by atoms with Gasteiger partial charge in [-0.2, -0.15) is 0 Å². The Bertz CT molecular complexity index is 335. The van der Waals surface area contributed by atoms with Crippen molar-refractivity contribution in [3.63, 3.8) is 0 Å². The van der Waals surface area contributed by atoms with E-state index >= 15 is 0 Å². The molecule has 1 aromatic heterocycles. The van der Waals surface area contributed by atoms with Gasteiger partial charge in [-0.25, -0.2) is 0 Å². The normalized spacial score (nSPS) is 21.1. The lowest BCUT2D eigenvalue weighted by Gasteiger charge is -2.30. The number of pyridine rings is 1. The Morgan fingerprint density at radius 2 is 2.20 bits per heavy atom. The van der Waals surface area contributed by atoms with Crippen LogP contribution >= 0.6 is 0 Å². The monoisotopic (exact) mass is 203 g/mol. The average Bonchev–Trinajstić information content (AvgIpc) is 2.16. The number of aromatic nitrogens is 1. The van der Waals surface area contributed by atoms with Gasteiger partial charge in [-0.15, -0.1) is 0 Å². The summed E-state index contributed by atoms with van der Waals surface area (Å²) in [5.41, 5.74) is 3.28. The first-order valence-electron chi connectivity index (χ1n) is 6.00. The maximum atomic E-state index is 4.50. The Morgan fingerprint density at radius 1 is 1.40 bits per heavy atom. The Hall–Kier alpha value is -0.850. The van der Waals surface area contributed by atoms with E-state index in [-0.39, 0.29) is 0 Å². The predicted octanol–water partition coefficient (Wildman–Crippen LogP) is 3.94. The molecule has 1 heterocycles. The Kier molecular flexibility index (Phi) is 2.81. The zero-order chi connectivity index (χ0) is 10.9. The molecule has 0 N–H and O–H groups in total. The summed E-state index contributed by atoms with van der Waals surface area (Å²) >= 11 is 0. The minimum Gasteiger partial charge on any atom is -0.261 e. The molecule has 1 nitrogen and oxygen atoms in total. The van der Waals surface area contributed by atoms with E-state index in [0.717, 1.165) is 5.92 Å². The second-order valence-corrected chi connectivity index (χ2v) is 5.89. The van der Waals surface area contributed by atoms with Crippen molar-refractivity contribution in [3.8, 4) is 0 Å². The minimum atomic E-state index is 0.426. The highest BCUT2D eigenvalue weighted by Gasteiger charge is 2.25. The highest BCUT2D eigenvalue weighted by Crippen LogP contribution is 2.38. The van der Waals surface area contributed by atoms with E-state index in [9.17, 15) is 0 Å². The molecule has 0 spiro atoms. The molecule has 1 aliphatic carbocycles. The van der Waals surface area contributed by atoms with Crippen LogP contribution in [0.3, 0.4) is 0 Å². The number of hydrogen-bond acceptors (Lipinski definition) is 1. The molecule has 0 aromatic carbocycles.